The van der Waals surface area contributed by atoms with Crippen LogP contribution in [0.25, 0.3) is 0 Å². The van der Waals surface area contributed by atoms with Crippen molar-refractivity contribution in [3.8, 4) is 0 Å². The molecule has 0 atom stereocenters. The van der Waals surface area contributed by atoms with Crippen molar-refractivity contribution in [1.29, 1.82) is 0 Å². The molecule has 0 aromatic rings. The fourth-order valence-corrected chi connectivity index (χ4v) is 0.948. The van der Waals surface area contributed by atoms with Crippen LogP contribution in [0.1, 0.15) is 19.8 Å². The topological polar surface area (TPSA) is 20.2 Å². The lowest BCUT2D eigenvalue weighted by atomic mass is 10.2. The van der Waals surface area contributed by atoms with Gasteiger partial charge in [0.2, 0.25) is 0 Å². The van der Waals surface area contributed by atoms with Crippen LogP contribution >= 0.6 is 0 Å². The van der Waals surface area contributed by atoms with Crippen LogP contribution in [0, 0.1) is 0 Å². The molecule has 54 valence electrons. The predicted molar refractivity (Wildman–Crippen MR) is 42.8 cm³/mol. The highest BCUT2D eigenvalue weighted by Gasteiger charge is 1.99. The number of aliphatic hydroxyl groups is 1. The van der Waals surface area contributed by atoms with E-state index in [4.69, 9.17) is 0 Å². The molecular weight excluding hydrogens is 124 g/mol. The molecule has 0 fully saturated rings. The van der Waals surface area contributed by atoms with Gasteiger partial charge in [0, 0.05) is 12.0 Å². The maximum atomic E-state index is 9.33. The summed E-state index contributed by atoms with van der Waals surface area (Å²) in [5.74, 6) is 0.507. The van der Waals surface area contributed by atoms with E-state index in [2.05, 4.69) is 6.92 Å². The Morgan fingerprint density at radius 1 is 1.40 bits per heavy atom. The molecule has 1 N–H and O–H groups in total. The van der Waals surface area contributed by atoms with Gasteiger partial charge in [0.15, 0.2) is 0 Å². The van der Waals surface area contributed by atoms with E-state index in [9.17, 15) is 5.11 Å². The van der Waals surface area contributed by atoms with Crippen molar-refractivity contribution in [2.75, 3.05) is 0 Å². The van der Waals surface area contributed by atoms with Crippen LogP contribution in [0.15, 0.2) is 35.6 Å². The Kier molecular flexibility index (Phi) is 2.32. The molecule has 1 heteroatoms. The van der Waals surface area contributed by atoms with Crippen molar-refractivity contribution in [2.24, 2.45) is 0 Å². The first-order valence-corrected chi connectivity index (χ1v) is 3.61. The Labute approximate surface area is 61.4 Å². The van der Waals surface area contributed by atoms with E-state index in [1.807, 2.05) is 24.3 Å². The predicted octanol–water partition coefficient (Wildman–Crippen LogP) is 2.72. The van der Waals surface area contributed by atoms with Crippen molar-refractivity contribution in [1.82, 2.24) is 0 Å². The molecule has 1 nitrogen and oxygen atoms in total. The zero-order valence-corrected chi connectivity index (χ0v) is 6.17. The molecule has 0 aliphatic heterocycles. The summed E-state index contributed by atoms with van der Waals surface area (Å²) >= 11 is 0. The van der Waals surface area contributed by atoms with E-state index in [0.717, 1.165) is 18.4 Å². The third-order valence-corrected chi connectivity index (χ3v) is 1.48. The van der Waals surface area contributed by atoms with Crippen LogP contribution in [0.5, 0.6) is 0 Å². The first-order chi connectivity index (χ1) is 4.84. The zero-order chi connectivity index (χ0) is 7.40. The van der Waals surface area contributed by atoms with Crippen molar-refractivity contribution in [2.45, 2.75) is 19.8 Å². The maximum Gasteiger partial charge on any atom is 0.0994 e. The standard InChI is InChI=1S/C9H12O/c1-2-5-9(10)8-6-3-4-7-8/h3-4,6-7,10H,2,5H2,1H3. The van der Waals surface area contributed by atoms with Crippen LogP contribution in [0.2, 0.25) is 0 Å². The third-order valence-electron chi connectivity index (χ3n) is 1.48. The summed E-state index contributed by atoms with van der Waals surface area (Å²) < 4.78 is 0. The number of hydrogen-bond donors (Lipinski definition) is 1. The van der Waals surface area contributed by atoms with Gasteiger partial charge in [-0.05, 0) is 6.42 Å². The smallest absolute Gasteiger partial charge is 0.0994 e. The summed E-state index contributed by atoms with van der Waals surface area (Å²) in [6.07, 6.45) is 9.49. The van der Waals surface area contributed by atoms with E-state index in [1.165, 1.54) is 0 Å². The van der Waals surface area contributed by atoms with Gasteiger partial charge >= 0.3 is 0 Å². The summed E-state index contributed by atoms with van der Waals surface area (Å²) in [6.45, 7) is 2.05. The van der Waals surface area contributed by atoms with Gasteiger partial charge in [0.05, 0.1) is 5.76 Å². The number of aliphatic hydroxyl groups excluding tert-OH is 1. The molecule has 1 rings (SSSR count). The molecule has 0 amide bonds. The Morgan fingerprint density at radius 2 is 2.00 bits per heavy atom. The van der Waals surface area contributed by atoms with Gasteiger partial charge in [0.25, 0.3) is 0 Å². The first kappa shape index (κ1) is 7.13. The summed E-state index contributed by atoms with van der Waals surface area (Å²) in [5, 5.41) is 9.33. The Hall–Kier alpha value is -0.980. The zero-order valence-electron chi connectivity index (χ0n) is 6.17. The average molecular weight is 136 g/mol. The second-order valence-electron chi connectivity index (χ2n) is 2.37. The van der Waals surface area contributed by atoms with E-state index in [0.29, 0.717) is 5.76 Å². The molecule has 0 aromatic carbocycles. The molecule has 0 radical (unpaired) electrons. The van der Waals surface area contributed by atoms with E-state index in [1.54, 1.807) is 0 Å². The quantitative estimate of drug-likeness (QED) is 0.579. The molecule has 0 bridgehead atoms. The van der Waals surface area contributed by atoms with Crippen LogP contribution < -0.4 is 0 Å². The van der Waals surface area contributed by atoms with Crippen LogP contribution in [0.3, 0.4) is 0 Å². The minimum Gasteiger partial charge on any atom is -0.512 e. The van der Waals surface area contributed by atoms with E-state index in [-0.39, 0.29) is 0 Å². The second kappa shape index (κ2) is 3.25. The number of hydrogen-bond acceptors (Lipinski definition) is 1. The molecule has 0 heterocycles. The fourth-order valence-electron chi connectivity index (χ4n) is 0.948. The Balaban J connectivity index is 2.65. The van der Waals surface area contributed by atoms with Gasteiger partial charge in [-0.25, -0.2) is 0 Å². The second-order valence-corrected chi connectivity index (χ2v) is 2.37. The number of allylic oxidation sites excluding steroid dienone is 6. The summed E-state index contributed by atoms with van der Waals surface area (Å²) in [4.78, 5) is 0. The maximum absolute atomic E-state index is 9.33. The SMILES string of the molecule is CCCC(O)=C1C=CC=C1. The van der Waals surface area contributed by atoms with Gasteiger partial charge < -0.3 is 5.11 Å². The largest absolute Gasteiger partial charge is 0.512 e. The van der Waals surface area contributed by atoms with Gasteiger partial charge in [-0.2, -0.15) is 0 Å². The van der Waals surface area contributed by atoms with Crippen molar-refractivity contribution in [3.05, 3.63) is 35.6 Å². The lowest BCUT2D eigenvalue weighted by Crippen LogP contribution is -1.83. The monoisotopic (exact) mass is 136 g/mol. The van der Waals surface area contributed by atoms with Gasteiger partial charge in [0.1, 0.15) is 0 Å². The normalized spacial score (nSPS) is 14.7. The molecule has 0 spiro atoms. The highest BCUT2D eigenvalue weighted by atomic mass is 16.3. The first-order valence-electron chi connectivity index (χ1n) is 3.61. The lowest BCUT2D eigenvalue weighted by Gasteiger charge is -1.97. The summed E-state index contributed by atoms with van der Waals surface area (Å²) in [5.41, 5.74) is 0.960. The molecule has 1 aliphatic rings. The van der Waals surface area contributed by atoms with Crippen molar-refractivity contribution in [3.63, 3.8) is 0 Å². The minimum atomic E-state index is 0.507. The molecule has 10 heavy (non-hydrogen) atoms. The van der Waals surface area contributed by atoms with Crippen LogP contribution in [-0.4, -0.2) is 5.11 Å². The Bertz CT molecular complexity index is 183. The Morgan fingerprint density at radius 3 is 2.50 bits per heavy atom. The fraction of sp³-hybridized carbons (Fsp3) is 0.333. The summed E-state index contributed by atoms with van der Waals surface area (Å²) in [7, 11) is 0. The van der Waals surface area contributed by atoms with Gasteiger partial charge in [-0.1, -0.05) is 31.2 Å². The number of rotatable bonds is 2. The lowest BCUT2D eigenvalue weighted by molar-refractivity contribution is 0.383. The average Bonchev–Trinajstić information content (AvgIpc) is 2.38. The third kappa shape index (κ3) is 1.50. The van der Waals surface area contributed by atoms with Crippen LogP contribution in [0.4, 0.5) is 0 Å². The summed E-state index contributed by atoms with van der Waals surface area (Å²) in [6, 6.07) is 0. The molecular formula is C9H12O. The van der Waals surface area contributed by atoms with Crippen molar-refractivity contribution >= 4 is 0 Å². The van der Waals surface area contributed by atoms with Gasteiger partial charge in [-0.15, -0.1) is 0 Å². The van der Waals surface area contributed by atoms with Crippen LogP contribution in [-0.2, 0) is 0 Å². The highest BCUT2D eigenvalue weighted by Crippen LogP contribution is 2.14. The van der Waals surface area contributed by atoms with Gasteiger partial charge in [-0.3, -0.25) is 0 Å². The molecule has 1 aliphatic carbocycles. The molecule has 0 saturated heterocycles. The molecule has 0 unspecified atom stereocenters. The molecule has 0 aromatic heterocycles. The van der Waals surface area contributed by atoms with Crippen molar-refractivity contribution < 1.29 is 5.11 Å². The minimum absolute atomic E-state index is 0.507. The van der Waals surface area contributed by atoms with E-state index < -0.39 is 0 Å². The highest BCUT2D eigenvalue weighted by molar-refractivity contribution is 5.41. The van der Waals surface area contributed by atoms with E-state index >= 15 is 0 Å². The molecule has 0 saturated carbocycles.